The number of alkyl halides is 3. The number of nitrogens with zero attached hydrogens (tertiary/aromatic N) is 2. The highest BCUT2D eigenvalue weighted by molar-refractivity contribution is 6.21. The predicted octanol–water partition coefficient (Wildman–Crippen LogP) is 7.42. The molecule has 4 aromatic rings. The third-order valence-corrected chi connectivity index (χ3v) is 7.36. The van der Waals surface area contributed by atoms with Crippen molar-refractivity contribution in [3.63, 3.8) is 0 Å². The Hall–Kier alpha value is -4.40. The second-order valence-corrected chi connectivity index (χ2v) is 10.4. The molecule has 3 aromatic carbocycles. The van der Waals surface area contributed by atoms with E-state index in [1.54, 1.807) is 37.3 Å². The van der Waals surface area contributed by atoms with E-state index in [2.05, 4.69) is 10.3 Å². The van der Waals surface area contributed by atoms with Gasteiger partial charge in [0.2, 0.25) is 0 Å². The predicted molar refractivity (Wildman–Crippen MR) is 152 cm³/mol. The third kappa shape index (κ3) is 5.36. The van der Waals surface area contributed by atoms with Crippen LogP contribution >= 0.6 is 0 Å². The molecular formula is C32H30F3N3O3. The largest absolute Gasteiger partial charge is 0.496 e. The highest BCUT2D eigenvalue weighted by atomic mass is 19.4. The van der Waals surface area contributed by atoms with Gasteiger partial charge in [0, 0.05) is 29.6 Å². The van der Waals surface area contributed by atoms with Crippen LogP contribution in [0.2, 0.25) is 0 Å². The molecular weight excluding hydrogens is 531 g/mol. The Morgan fingerprint density at radius 1 is 0.976 bits per heavy atom. The summed E-state index contributed by atoms with van der Waals surface area (Å²) in [5.74, 6) is -0.116. The lowest BCUT2D eigenvalue weighted by molar-refractivity contribution is -0.141. The first-order valence-electron chi connectivity index (χ1n) is 13.4. The molecule has 0 aliphatic carbocycles. The fraction of sp³-hybridized carbons (Fsp3) is 0.281. The molecule has 1 atom stereocenters. The van der Waals surface area contributed by atoms with E-state index in [0.29, 0.717) is 51.9 Å². The summed E-state index contributed by atoms with van der Waals surface area (Å²) >= 11 is 0. The summed E-state index contributed by atoms with van der Waals surface area (Å²) in [6, 6.07) is 17.0. The van der Waals surface area contributed by atoms with Crippen molar-refractivity contribution in [3.8, 4) is 16.9 Å². The zero-order chi connectivity index (χ0) is 29.5. The maximum atomic E-state index is 13.8. The fourth-order valence-electron chi connectivity index (χ4n) is 5.42. The number of carbonyl (C=O) groups excluding carboxylic acids is 2. The van der Waals surface area contributed by atoms with Crippen LogP contribution in [-0.2, 0) is 6.18 Å². The van der Waals surface area contributed by atoms with Gasteiger partial charge in [-0.05, 0) is 62.9 Å². The number of pyridine rings is 1. The lowest BCUT2D eigenvalue weighted by Crippen LogP contribution is -2.31. The summed E-state index contributed by atoms with van der Waals surface area (Å²) in [6.45, 7) is 5.73. The van der Waals surface area contributed by atoms with Crippen LogP contribution < -0.4 is 10.1 Å². The van der Waals surface area contributed by atoms with Crippen molar-refractivity contribution in [1.82, 2.24) is 9.88 Å². The molecule has 1 aliphatic rings. The number of aryl methyl sites for hydroxylation is 2. The minimum atomic E-state index is -4.61. The Labute approximate surface area is 236 Å². The van der Waals surface area contributed by atoms with E-state index in [1.807, 2.05) is 38.1 Å². The maximum Gasteiger partial charge on any atom is 0.433 e. The second kappa shape index (κ2) is 10.9. The van der Waals surface area contributed by atoms with Gasteiger partial charge in [0.05, 0.1) is 29.4 Å². The number of methoxy groups -OCH3 is 1. The van der Waals surface area contributed by atoms with Crippen LogP contribution in [0.25, 0.3) is 22.0 Å². The van der Waals surface area contributed by atoms with Crippen LogP contribution in [0.4, 0.5) is 18.9 Å². The van der Waals surface area contributed by atoms with E-state index in [-0.39, 0.29) is 29.9 Å². The summed E-state index contributed by atoms with van der Waals surface area (Å²) in [7, 11) is 1.53. The van der Waals surface area contributed by atoms with E-state index in [9.17, 15) is 22.8 Å². The summed E-state index contributed by atoms with van der Waals surface area (Å²) < 4.78 is 47.2. The Kier molecular flexibility index (Phi) is 7.46. The van der Waals surface area contributed by atoms with Gasteiger partial charge in [-0.25, -0.2) is 4.98 Å². The molecule has 1 aromatic heterocycles. The first-order valence-corrected chi connectivity index (χ1v) is 13.4. The molecule has 0 radical (unpaired) electrons. The second-order valence-electron chi connectivity index (χ2n) is 10.4. The van der Waals surface area contributed by atoms with Crippen molar-refractivity contribution in [3.05, 3.63) is 88.6 Å². The minimum Gasteiger partial charge on any atom is -0.496 e. The number of imide groups is 1. The molecule has 0 bridgehead atoms. The van der Waals surface area contributed by atoms with Crippen LogP contribution in [0.5, 0.6) is 5.75 Å². The fourth-order valence-corrected chi connectivity index (χ4v) is 5.42. The first-order chi connectivity index (χ1) is 19.5. The van der Waals surface area contributed by atoms with Gasteiger partial charge in [-0.15, -0.1) is 0 Å². The number of amides is 2. The Morgan fingerprint density at radius 3 is 2.27 bits per heavy atom. The lowest BCUT2D eigenvalue weighted by Gasteiger charge is -2.22. The number of hydrogen-bond acceptors (Lipinski definition) is 5. The van der Waals surface area contributed by atoms with E-state index in [0.717, 1.165) is 17.2 Å². The van der Waals surface area contributed by atoms with Crippen molar-refractivity contribution < 1.29 is 27.5 Å². The smallest absolute Gasteiger partial charge is 0.433 e. The van der Waals surface area contributed by atoms with Crippen molar-refractivity contribution in [2.45, 2.75) is 45.8 Å². The molecule has 2 heterocycles. The van der Waals surface area contributed by atoms with Crippen LogP contribution in [0.15, 0.2) is 60.7 Å². The average Bonchev–Trinajstić information content (AvgIpc) is 3.17. The van der Waals surface area contributed by atoms with E-state index in [4.69, 9.17) is 4.74 Å². The van der Waals surface area contributed by atoms with Gasteiger partial charge in [0.1, 0.15) is 11.4 Å². The summed E-state index contributed by atoms with van der Waals surface area (Å²) in [6.07, 6.45) is -3.55. The molecule has 41 heavy (non-hydrogen) atoms. The van der Waals surface area contributed by atoms with E-state index >= 15 is 0 Å². The van der Waals surface area contributed by atoms with Gasteiger partial charge in [-0.2, -0.15) is 13.2 Å². The van der Waals surface area contributed by atoms with Gasteiger partial charge < -0.3 is 10.1 Å². The summed E-state index contributed by atoms with van der Waals surface area (Å²) in [5, 5.41) is 3.90. The molecule has 2 amide bonds. The molecule has 9 heteroatoms. The number of benzene rings is 3. The van der Waals surface area contributed by atoms with Crippen LogP contribution in [0.3, 0.4) is 0 Å². The number of hydrogen-bond donors (Lipinski definition) is 1. The Morgan fingerprint density at radius 2 is 1.66 bits per heavy atom. The standard InChI is InChI=1S/C32H30F3N3O3/c1-18-9-7-11-21(15-18)28-25(41-4)17-24(29-27(28)19(2)16-26(37-29)32(33,34)35)36-20(3)10-8-14-38-30(39)22-12-5-6-13-23(22)31(38)40/h5-7,9,11-13,15-17,20,36H,8,10,14H2,1-4H3. The number of fused-ring (bicyclic) bond motifs is 2. The molecule has 0 saturated carbocycles. The molecule has 5 rings (SSSR count). The zero-order valence-corrected chi connectivity index (χ0v) is 23.2. The number of halogens is 3. The van der Waals surface area contributed by atoms with E-state index < -0.39 is 11.9 Å². The van der Waals surface area contributed by atoms with E-state index in [1.165, 1.54) is 12.0 Å². The maximum absolute atomic E-state index is 13.8. The molecule has 1 unspecified atom stereocenters. The molecule has 1 N–H and O–H groups in total. The van der Waals surface area contributed by atoms with Crippen LogP contribution in [0.1, 0.15) is 57.3 Å². The third-order valence-electron chi connectivity index (χ3n) is 7.36. The highest BCUT2D eigenvalue weighted by Crippen LogP contribution is 2.44. The monoisotopic (exact) mass is 561 g/mol. The van der Waals surface area contributed by atoms with Gasteiger partial charge in [0.15, 0.2) is 0 Å². The van der Waals surface area contributed by atoms with Gasteiger partial charge in [-0.1, -0.05) is 42.0 Å². The number of anilines is 1. The molecule has 0 spiro atoms. The van der Waals surface area contributed by atoms with Crippen LogP contribution in [0, 0.1) is 13.8 Å². The molecule has 0 saturated heterocycles. The van der Waals surface area contributed by atoms with Crippen molar-refractivity contribution >= 4 is 28.4 Å². The number of aromatic nitrogens is 1. The van der Waals surface area contributed by atoms with Crippen molar-refractivity contribution in [2.24, 2.45) is 0 Å². The van der Waals surface area contributed by atoms with Crippen molar-refractivity contribution in [1.29, 1.82) is 0 Å². The summed E-state index contributed by atoms with van der Waals surface area (Å²) in [5.41, 5.74) is 3.37. The number of rotatable bonds is 8. The first kappa shape index (κ1) is 28.1. The normalized spacial score (nSPS) is 14.0. The van der Waals surface area contributed by atoms with Crippen LogP contribution in [-0.4, -0.2) is 41.4 Å². The molecule has 0 fully saturated rings. The Balaban J connectivity index is 1.46. The Bertz CT molecular complexity index is 1630. The average molecular weight is 562 g/mol. The number of carbonyl (C=O) groups is 2. The van der Waals surface area contributed by atoms with Gasteiger partial charge in [0.25, 0.3) is 11.8 Å². The topological polar surface area (TPSA) is 71.5 Å². The number of nitrogens with one attached hydrogen (secondary N) is 1. The zero-order valence-electron chi connectivity index (χ0n) is 23.2. The lowest BCUT2D eigenvalue weighted by atomic mass is 9.94. The SMILES string of the molecule is COc1cc(NC(C)CCCN2C(=O)c3ccccc3C2=O)c2nc(C(F)(F)F)cc(C)c2c1-c1cccc(C)c1. The number of ether oxygens (including phenoxy) is 1. The quantitative estimate of drug-likeness (QED) is 0.227. The summed E-state index contributed by atoms with van der Waals surface area (Å²) in [4.78, 5) is 30.7. The van der Waals surface area contributed by atoms with Gasteiger partial charge >= 0.3 is 6.18 Å². The molecule has 6 nitrogen and oxygen atoms in total. The van der Waals surface area contributed by atoms with Gasteiger partial charge in [-0.3, -0.25) is 14.5 Å². The highest BCUT2D eigenvalue weighted by Gasteiger charge is 2.35. The van der Waals surface area contributed by atoms with Crippen molar-refractivity contribution in [2.75, 3.05) is 19.0 Å². The molecule has 1 aliphatic heterocycles. The minimum absolute atomic E-state index is 0.196. The molecule has 212 valence electrons.